The summed E-state index contributed by atoms with van der Waals surface area (Å²) in [5.74, 6) is -0.639. The smallest absolute Gasteiger partial charge is 0.338 e. The van der Waals surface area contributed by atoms with Crippen molar-refractivity contribution >= 4 is 23.5 Å². The summed E-state index contributed by atoms with van der Waals surface area (Å²) in [6.07, 6.45) is -0.730. The molecule has 0 saturated carbocycles. The molecule has 158 valence electrons. The van der Waals surface area contributed by atoms with Crippen molar-refractivity contribution in [3.8, 4) is 0 Å². The SMILES string of the molecule is C[C@H](OC(=O)c1ccc(N2C(=O)c3ccccc3C2=O)cc1)c1nc(C(C)(C)C)no1. The number of benzene rings is 2. The molecule has 0 saturated heterocycles. The van der Waals surface area contributed by atoms with Gasteiger partial charge in [-0.15, -0.1) is 0 Å². The highest BCUT2D eigenvalue weighted by Gasteiger charge is 2.36. The van der Waals surface area contributed by atoms with Gasteiger partial charge in [-0.05, 0) is 43.3 Å². The van der Waals surface area contributed by atoms with Crippen molar-refractivity contribution in [1.82, 2.24) is 10.1 Å². The summed E-state index contributed by atoms with van der Waals surface area (Å²) in [5.41, 5.74) is 1.08. The second kappa shape index (κ2) is 7.46. The summed E-state index contributed by atoms with van der Waals surface area (Å²) < 4.78 is 10.6. The van der Waals surface area contributed by atoms with E-state index in [2.05, 4.69) is 10.1 Å². The van der Waals surface area contributed by atoms with Gasteiger partial charge in [-0.1, -0.05) is 38.1 Å². The average molecular weight is 419 g/mol. The molecule has 2 amide bonds. The van der Waals surface area contributed by atoms with Gasteiger partial charge in [0.1, 0.15) is 0 Å². The number of amides is 2. The molecule has 0 spiro atoms. The van der Waals surface area contributed by atoms with Crippen LogP contribution in [-0.4, -0.2) is 27.9 Å². The molecule has 1 atom stereocenters. The fraction of sp³-hybridized carbons (Fsp3) is 0.261. The van der Waals surface area contributed by atoms with E-state index in [1.165, 1.54) is 24.3 Å². The largest absolute Gasteiger partial charge is 0.449 e. The number of anilines is 1. The Bertz CT molecular complexity index is 1140. The van der Waals surface area contributed by atoms with Crippen LogP contribution in [0.25, 0.3) is 0 Å². The zero-order valence-electron chi connectivity index (χ0n) is 17.6. The van der Waals surface area contributed by atoms with E-state index in [9.17, 15) is 14.4 Å². The molecule has 0 fully saturated rings. The summed E-state index contributed by atoms with van der Waals surface area (Å²) >= 11 is 0. The first-order valence-electron chi connectivity index (χ1n) is 9.80. The average Bonchev–Trinajstić information content (AvgIpc) is 3.33. The molecule has 31 heavy (non-hydrogen) atoms. The van der Waals surface area contributed by atoms with Gasteiger partial charge in [-0.2, -0.15) is 4.98 Å². The van der Waals surface area contributed by atoms with E-state index in [0.29, 0.717) is 22.6 Å². The Labute approximate surface area is 178 Å². The number of hydrogen-bond acceptors (Lipinski definition) is 7. The van der Waals surface area contributed by atoms with Crippen LogP contribution in [0.5, 0.6) is 0 Å². The predicted molar refractivity (Wildman–Crippen MR) is 111 cm³/mol. The lowest BCUT2D eigenvalue weighted by atomic mass is 9.96. The number of fused-ring (bicyclic) bond motifs is 1. The molecule has 0 aliphatic carbocycles. The maximum Gasteiger partial charge on any atom is 0.338 e. The molecule has 8 nitrogen and oxygen atoms in total. The minimum atomic E-state index is -0.730. The van der Waals surface area contributed by atoms with Crippen LogP contribution in [0.4, 0.5) is 5.69 Å². The highest BCUT2D eigenvalue weighted by atomic mass is 16.6. The Morgan fingerprint density at radius 2 is 1.58 bits per heavy atom. The van der Waals surface area contributed by atoms with E-state index in [0.717, 1.165) is 4.90 Å². The predicted octanol–water partition coefficient (Wildman–Crippen LogP) is 4.09. The molecule has 8 heteroatoms. The van der Waals surface area contributed by atoms with Crippen molar-refractivity contribution in [3.05, 3.63) is 76.9 Å². The minimum Gasteiger partial charge on any atom is -0.449 e. The van der Waals surface area contributed by atoms with Gasteiger partial charge in [0.05, 0.1) is 22.4 Å². The van der Waals surface area contributed by atoms with Crippen LogP contribution in [0.15, 0.2) is 53.1 Å². The number of ether oxygens (including phenoxy) is 1. The van der Waals surface area contributed by atoms with Crippen LogP contribution in [-0.2, 0) is 10.2 Å². The molecule has 1 aromatic heterocycles. The van der Waals surface area contributed by atoms with Crippen LogP contribution >= 0.6 is 0 Å². The summed E-state index contributed by atoms with van der Waals surface area (Å²) in [6.45, 7) is 7.50. The van der Waals surface area contributed by atoms with Crippen LogP contribution in [0, 0.1) is 0 Å². The molecule has 4 rings (SSSR count). The minimum absolute atomic E-state index is 0.209. The number of imide groups is 1. The monoisotopic (exact) mass is 419 g/mol. The van der Waals surface area contributed by atoms with Crippen molar-refractivity contribution in [2.45, 2.75) is 39.2 Å². The quantitative estimate of drug-likeness (QED) is 0.464. The van der Waals surface area contributed by atoms with E-state index < -0.39 is 23.9 Å². The second-order valence-corrected chi connectivity index (χ2v) is 8.29. The van der Waals surface area contributed by atoms with Crippen LogP contribution in [0.3, 0.4) is 0 Å². The first-order chi connectivity index (χ1) is 14.7. The van der Waals surface area contributed by atoms with Gasteiger partial charge in [0.15, 0.2) is 11.9 Å². The Morgan fingerprint density at radius 3 is 2.10 bits per heavy atom. The lowest BCUT2D eigenvalue weighted by molar-refractivity contribution is 0.0265. The van der Waals surface area contributed by atoms with Gasteiger partial charge in [0.2, 0.25) is 0 Å². The topological polar surface area (TPSA) is 103 Å². The zero-order valence-corrected chi connectivity index (χ0v) is 17.6. The normalized spacial score (nSPS) is 14.5. The number of esters is 1. The van der Waals surface area contributed by atoms with Crippen molar-refractivity contribution in [2.75, 3.05) is 4.90 Å². The van der Waals surface area contributed by atoms with E-state index in [4.69, 9.17) is 9.26 Å². The van der Waals surface area contributed by atoms with Gasteiger partial charge >= 0.3 is 5.97 Å². The Kier molecular flexibility index (Phi) is 4.93. The van der Waals surface area contributed by atoms with Crippen molar-refractivity contribution in [1.29, 1.82) is 0 Å². The molecule has 1 aliphatic heterocycles. The van der Waals surface area contributed by atoms with Crippen molar-refractivity contribution in [3.63, 3.8) is 0 Å². The lowest BCUT2D eigenvalue weighted by Gasteiger charge is -2.15. The molecule has 3 aromatic rings. The fourth-order valence-corrected chi connectivity index (χ4v) is 3.15. The summed E-state index contributed by atoms with van der Waals surface area (Å²) in [7, 11) is 0. The number of rotatable bonds is 4. The van der Waals surface area contributed by atoms with Crippen molar-refractivity contribution in [2.24, 2.45) is 0 Å². The number of aromatic nitrogens is 2. The van der Waals surface area contributed by atoms with Crippen molar-refractivity contribution < 1.29 is 23.6 Å². The van der Waals surface area contributed by atoms with Gasteiger partial charge in [0.25, 0.3) is 17.7 Å². The number of carbonyl (C=O) groups excluding carboxylic acids is 3. The number of nitrogens with zero attached hydrogens (tertiary/aromatic N) is 3. The molecule has 0 unspecified atom stereocenters. The highest BCUT2D eigenvalue weighted by molar-refractivity contribution is 6.34. The van der Waals surface area contributed by atoms with Gasteiger partial charge in [0, 0.05) is 5.41 Å². The molecule has 2 aromatic carbocycles. The number of carbonyl (C=O) groups is 3. The van der Waals surface area contributed by atoms with E-state index in [1.807, 2.05) is 20.8 Å². The Hall–Kier alpha value is -3.81. The molecule has 0 N–H and O–H groups in total. The van der Waals surface area contributed by atoms with Gasteiger partial charge < -0.3 is 9.26 Å². The first kappa shape index (κ1) is 20.5. The second-order valence-electron chi connectivity index (χ2n) is 8.29. The zero-order chi connectivity index (χ0) is 22.3. The van der Waals surface area contributed by atoms with Gasteiger partial charge in [-0.25, -0.2) is 9.69 Å². The number of hydrogen-bond donors (Lipinski definition) is 0. The Balaban J connectivity index is 1.47. The molecule has 1 aliphatic rings. The fourth-order valence-electron chi connectivity index (χ4n) is 3.15. The third kappa shape index (κ3) is 3.72. The third-order valence-electron chi connectivity index (χ3n) is 4.90. The first-order valence-corrected chi connectivity index (χ1v) is 9.80. The van der Waals surface area contributed by atoms with E-state index in [1.54, 1.807) is 31.2 Å². The third-order valence-corrected chi connectivity index (χ3v) is 4.90. The molecular weight excluding hydrogens is 398 g/mol. The van der Waals surface area contributed by atoms with E-state index >= 15 is 0 Å². The summed E-state index contributed by atoms with van der Waals surface area (Å²) in [5, 5.41) is 3.93. The standard InChI is InChI=1S/C23H21N3O5/c1-13(18-24-22(25-31-18)23(2,3)4)30-21(29)14-9-11-15(12-10-14)26-19(27)16-7-5-6-8-17(16)20(26)28/h5-13H,1-4H3/t13-/m0/s1. The van der Waals surface area contributed by atoms with Gasteiger partial charge in [-0.3, -0.25) is 9.59 Å². The molecule has 0 radical (unpaired) electrons. The maximum absolute atomic E-state index is 12.6. The van der Waals surface area contributed by atoms with Crippen LogP contribution in [0.2, 0.25) is 0 Å². The molecule has 2 heterocycles. The van der Waals surface area contributed by atoms with Crippen LogP contribution in [0.1, 0.15) is 76.6 Å². The van der Waals surface area contributed by atoms with Crippen LogP contribution < -0.4 is 4.90 Å². The maximum atomic E-state index is 12.6. The molecular formula is C23H21N3O5. The molecule has 0 bridgehead atoms. The summed E-state index contributed by atoms with van der Waals surface area (Å²) in [4.78, 5) is 43.1. The van der Waals surface area contributed by atoms with E-state index in [-0.39, 0.29) is 16.9 Å². The Morgan fingerprint density at radius 1 is 1.00 bits per heavy atom. The highest BCUT2D eigenvalue weighted by Crippen LogP contribution is 2.29. The lowest BCUT2D eigenvalue weighted by Crippen LogP contribution is -2.29. The summed E-state index contributed by atoms with van der Waals surface area (Å²) in [6, 6.07) is 12.7.